The highest BCUT2D eigenvalue weighted by molar-refractivity contribution is 7.70. The standard InChI is InChI=1S/C12H21N5O14P4/c13-12-15-10-9(11(18)16-12)14-3-17(10)8-1-6(31-35(27,28)5-33(22,23)24)7(30-8)2-29-34(25,26)4-32(19,20)21/h3,6-8H,1-2,4-5H2,(H,25,26)(H,27,28)(H2,19,20,21)(H2,22,23,24)(H3,13,15,16,18)/t6?,7-,8-/m1/s1. The van der Waals surface area contributed by atoms with Gasteiger partial charge >= 0.3 is 30.4 Å². The van der Waals surface area contributed by atoms with Gasteiger partial charge in [0, 0.05) is 6.42 Å². The van der Waals surface area contributed by atoms with E-state index >= 15 is 0 Å². The molecule has 1 saturated heterocycles. The smallest absolute Gasteiger partial charge is 0.340 e. The Kier molecular flexibility index (Phi) is 7.98. The Balaban J connectivity index is 1.88. The SMILES string of the molecule is Nc1nc2c(ncn2[C@H]2CC(OP(=O)(O)CP(=O)(O)O)[C@@H](COP(=O)(O)CP(=O)(O)O)O2)c(=O)[nH]1. The molecule has 1 aliphatic heterocycles. The number of fused-ring (bicyclic) bond motifs is 1. The van der Waals surface area contributed by atoms with E-state index in [1.807, 2.05) is 0 Å². The number of hydrogen-bond donors (Lipinski definition) is 8. The first-order valence-electron chi connectivity index (χ1n) is 9.28. The molecule has 0 saturated carbocycles. The average molecular weight is 583 g/mol. The van der Waals surface area contributed by atoms with E-state index in [0.717, 1.165) is 6.33 Å². The largest absolute Gasteiger partial charge is 0.369 e. The molecule has 0 aliphatic carbocycles. The number of nitrogens with two attached hydrogens (primary N) is 1. The summed E-state index contributed by atoms with van der Waals surface area (Å²) in [6.45, 7) is -0.881. The van der Waals surface area contributed by atoms with Crippen LogP contribution in [0.15, 0.2) is 11.1 Å². The van der Waals surface area contributed by atoms with Crippen molar-refractivity contribution in [2.24, 2.45) is 0 Å². The number of imidazole rings is 1. The molecule has 3 unspecified atom stereocenters. The van der Waals surface area contributed by atoms with Crippen LogP contribution in [-0.2, 0) is 32.0 Å². The van der Waals surface area contributed by atoms with Crippen molar-refractivity contribution in [1.29, 1.82) is 0 Å². The van der Waals surface area contributed by atoms with Crippen LogP contribution in [0.3, 0.4) is 0 Å². The highest BCUT2D eigenvalue weighted by Gasteiger charge is 2.44. The number of anilines is 1. The summed E-state index contributed by atoms with van der Waals surface area (Å²) in [5.74, 6) is -3.32. The lowest BCUT2D eigenvalue weighted by Gasteiger charge is -2.23. The van der Waals surface area contributed by atoms with E-state index in [1.54, 1.807) is 0 Å². The second-order valence-corrected chi connectivity index (χ2v) is 15.4. The quantitative estimate of drug-likeness (QED) is 0.156. The van der Waals surface area contributed by atoms with Crippen LogP contribution in [0.2, 0.25) is 0 Å². The first-order valence-corrected chi connectivity index (χ1v) is 16.4. The molecule has 198 valence electrons. The van der Waals surface area contributed by atoms with Gasteiger partial charge in [-0.3, -0.25) is 32.6 Å². The number of aromatic nitrogens is 4. The van der Waals surface area contributed by atoms with Gasteiger partial charge in [-0.2, -0.15) is 4.98 Å². The predicted molar refractivity (Wildman–Crippen MR) is 115 cm³/mol. The molecule has 1 aliphatic rings. The molecule has 0 aromatic carbocycles. The summed E-state index contributed by atoms with van der Waals surface area (Å²) in [6, 6.07) is 0. The molecule has 0 amide bonds. The van der Waals surface area contributed by atoms with Crippen molar-refractivity contribution in [3.8, 4) is 0 Å². The van der Waals surface area contributed by atoms with Gasteiger partial charge in [-0.1, -0.05) is 0 Å². The third-order valence-corrected chi connectivity index (χ3v) is 11.4. The zero-order valence-corrected chi connectivity index (χ0v) is 20.9. The minimum absolute atomic E-state index is 0.0618. The maximum absolute atomic E-state index is 12.3. The van der Waals surface area contributed by atoms with Gasteiger partial charge < -0.3 is 48.9 Å². The fourth-order valence-electron chi connectivity index (χ4n) is 3.23. The zero-order chi connectivity index (χ0) is 26.4. The van der Waals surface area contributed by atoms with E-state index in [1.165, 1.54) is 4.57 Å². The van der Waals surface area contributed by atoms with Gasteiger partial charge in [0.05, 0.1) is 19.0 Å². The Morgan fingerprint density at radius 2 is 1.69 bits per heavy atom. The number of nitrogen functional groups attached to an aromatic ring is 1. The van der Waals surface area contributed by atoms with Gasteiger partial charge in [-0.15, -0.1) is 0 Å². The fraction of sp³-hybridized carbons (Fsp3) is 0.583. The third-order valence-electron chi connectivity index (χ3n) is 4.41. The monoisotopic (exact) mass is 583 g/mol. The molecule has 0 bridgehead atoms. The molecule has 2 aromatic heterocycles. The van der Waals surface area contributed by atoms with Crippen molar-refractivity contribution in [2.45, 2.75) is 24.9 Å². The number of nitrogens with one attached hydrogen (secondary N) is 1. The molecule has 9 N–H and O–H groups in total. The number of H-pyrrole nitrogens is 1. The molecule has 35 heavy (non-hydrogen) atoms. The second kappa shape index (κ2) is 9.88. The van der Waals surface area contributed by atoms with Gasteiger partial charge in [0.1, 0.15) is 12.3 Å². The Hall–Kier alpha value is -1.29. The molecule has 5 atom stereocenters. The van der Waals surface area contributed by atoms with Gasteiger partial charge in [-0.05, 0) is 0 Å². The molecule has 0 spiro atoms. The minimum Gasteiger partial charge on any atom is -0.369 e. The van der Waals surface area contributed by atoms with Crippen LogP contribution in [-0.4, -0.2) is 79.5 Å². The topological polar surface area (TPSA) is 307 Å². The van der Waals surface area contributed by atoms with Crippen molar-refractivity contribution >= 4 is 47.5 Å². The summed E-state index contributed by atoms with van der Waals surface area (Å²) in [5.41, 5.74) is 4.65. The summed E-state index contributed by atoms with van der Waals surface area (Å²) < 4.78 is 63.0. The first kappa shape index (κ1) is 28.3. The van der Waals surface area contributed by atoms with Crippen molar-refractivity contribution in [1.82, 2.24) is 19.5 Å². The summed E-state index contributed by atoms with van der Waals surface area (Å²) in [6.07, 6.45) is -3.29. The van der Waals surface area contributed by atoms with Gasteiger partial charge in [0.25, 0.3) is 5.56 Å². The van der Waals surface area contributed by atoms with E-state index in [0.29, 0.717) is 0 Å². The first-order chi connectivity index (χ1) is 15.8. The Labute approximate surface area is 194 Å². The Bertz CT molecular complexity index is 1350. The van der Waals surface area contributed by atoms with Crippen molar-refractivity contribution in [3.63, 3.8) is 0 Å². The van der Waals surface area contributed by atoms with Gasteiger partial charge in [0.2, 0.25) is 5.95 Å². The van der Waals surface area contributed by atoms with Gasteiger partial charge in [-0.25, -0.2) is 4.98 Å². The van der Waals surface area contributed by atoms with E-state index in [4.69, 9.17) is 39.1 Å². The van der Waals surface area contributed by atoms with E-state index in [-0.39, 0.29) is 23.5 Å². The van der Waals surface area contributed by atoms with Crippen molar-refractivity contribution in [2.75, 3.05) is 24.1 Å². The molecular weight excluding hydrogens is 562 g/mol. The number of nitrogens with zero attached hydrogens (tertiary/aromatic N) is 3. The van der Waals surface area contributed by atoms with Crippen LogP contribution in [0.4, 0.5) is 5.95 Å². The van der Waals surface area contributed by atoms with Crippen LogP contribution in [0, 0.1) is 0 Å². The molecule has 19 nitrogen and oxygen atoms in total. The minimum atomic E-state index is -4.99. The molecule has 0 radical (unpaired) electrons. The maximum Gasteiger partial charge on any atom is 0.340 e. The van der Waals surface area contributed by atoms with E-state index < -0.39 is 72.8 Å². The van der Waals surface area contributed by atoms with Crippen LogP contribution in [0.1, 0.15) is 12.6 Å². The molecule has 1 fully saturated rings. The number of aromatic amines is 1. The lowest BCUT2D eigenvalue weighted by molar-refractivity contribution is -0.0366. The maximum atomic E-state index is 12.3. The molecule has 3 heterocycles. The number of hydrogen-bond acceptors (Lipinski definition) is 11. The van der Waals surface area contributed by atoms with Crippen molar-refractivity contribution in [3.05, 3.63) is 16.7 Å². The van der Waals surface area contributed by atoms with Crippen LogP contribution in [0.5, 0.6) is 0 Å². The number of ether oxygens (including phenoxy) is 1. The summed E-state index contributed by atoms with van der Waals surface area (Å²) >= 11 is 0. The Morgan fingerprint density at radius 3 is 2.29 bits per heavy atom. The fourth-order valence-corrected chi connectivity index (χ4v) is 8.57. The Morgan fingerprint density at radius 1 is 1.09 bits per heavy atom. The number of rotatable bonds is 10. The lowest BCUT2D eigenvalue weighted by atomic mass is 10.2. The predicted octanol–water partition coefficient (Wildman–Crippen LogP) is -0.968. The molecular formula is C12H21N5O14P4. The lowest BCUT2D eigenvalue weighted by Crippen LogP contribution is -2.28. The van der Waals surface area contributed by atoms with Crippen LogP contribution in [0.25, 0.3) is 11.2 Å². The second-order valence-electron chi connectivity index (χ2n) is 7.47. The van der Waals surface area contributed by atoms with Crippen LogP contribution < -0.4 is 11.3 Å². The van der Waals surface area contributed by atoms with Gasteiger partial charge in [0.15, 0.2) is 23.0 Å². The average Bonchev–Trinajstić information content (AvgIpc) is 3.19. The summed E-state index contributed by atoms with van der Waals surface area (Å²) in [4.78, 5) is 77.5. The third kappa shape index (κ3) is 7.84. The van der Waals surface area contributed by atoms with Crippen molar-refractivity contribution < 1.29 is 61.4 Å². The van der Waals surface area contributed by atoms with Crippen LogP contribution >= 0.6 is 30.4 Å². The highest BCUT2D eigenvalue weighted by Crippen LogP contribution is 2.58. The molecule has 23 heteroatoms. The summed E-state index contributed by atoms with van der Waals surface area (Å²) in [5, 5.41) is 0. The molecule has 3 rings (SSSR count). The normalized spacial score (nSPS) is 24.9. The van der Waals surface area contributed by atoms with E-state index in [9.17, 15) is 32.8 Å². The molecule has 2 aromatic rings. The zero-order valence-electron chi connectivity index (χ0n) is 17.3. The highest BCUT2D eigenvalue weighted by atomic mass is 31.2. The summed E-state index contributed by atoms with van der Waals surface area (Å²) in [7, 11) is -19.7. The van der Waals surface area contributed by atoms with E-state index in [2.05, 4.69) is 15.0 Å².